The fourth-order valence-electron chi connectivity index (χ4n) is 6.69. The number of benzene rings is 4. The minimum atomic E-state index is -3.91. The van der Waals surface area contributed by atoms with Crippen molar-refractivity contribution in [3.8, 4) is 22.3 Å². The molecular weight excluding hydrogens is 611 g/mol. The summed E-state index contributed by atoms with van der Waals surface area (Å²) in [7, 11) is 14.9. The van der Waals surface area contributed by atoms with E-state index in [9.17, 15) is 0 Å². The maximum absolute atomic E-state index is 7.75. The van der Waals surface area contributed by atoms with Gasteiger partial charge in [0, 0.05) is 0 Å². The van der Waals surface area contributed by atoms with E-state index in [0.717, 1.165) is 0 Å². The predicted molar refractivity (Wildman–Crippen MR) is 172 cm³/mol. The van der Waals surface area contributed by atoms with Gasteiger partial charge < -0.3 is 0 Å². The van der Waals surface area contributed by atoms with Crippen molar-refractivity contribution in [2.24, 2.45) is 0 Å². The van der Waals surface area contributed by atoms with E-state index in [1.54, 1.807) is 0 Å². The summed E-state index contributed by atoms with van der Waals surface area (Å²) in [6.07, 6.45) is 2.39. The van der Waals surface area contributed by atoms with E-state index < -0.39 is 27.4 Å². The summed E-state index contributed by atoms with van der Waals surface area (Å²) in [6.45, 7) is 13.6. The number of rotatable bonds is 5. The van der Waals surface area contributed by atoms with Gasteiger partial charge in [-0.3, -0.25) is 0 Å². The summed E-state index contributed by atoms with van der Waals surface area (Å²) in [5, 5.41) is 3.00. The van der Waals surface area contributed by atoms with Crippen LogP contribution in [0.25, 0.3) is 28.3 Å². The molecule has 4 heteroatoms. The van der Waals surface area contributed by atoms with E-state index >= 15 is 0 Å². The number of fused-ring (bicyclic) bond motifs is 4. The van der Waals surface area contributed by atoms with Crippen molar-refractivity contribution < 1.29 is 17.9 Å². The van der Waals surface area contributed by atoms with Crippen LogP contribution in [0.5, 0.6) is 0 Å². The topological polar surface area (TPSA) is 0 Å². The van der Waals surface area contributed by atoms with Crippen molar-refractivity contribution in [2.75, 3.05) is 0 Å². The fourth-order valence-corrected chi connectivity index (χ4v) is 23.8. The monoisotopic (exact) mass is 644 g/mol. The first-order chi connectivity index (χ1) is 18.6. The zero-order chi connectivity index (χ0) is 27.6. The Morgan fingerprint density at radius 2 is 1.44 bits per heavy atom. The van der Waals surface area contributed by atoms with Gasteiger partial charge >= 0.3 is 250 Å². The summed E-state index contributed by atoms with van der Waals surface area (Å²) >= 11 is -3.91. The third-order valence-electron chi connectivity index (χ3n) is 8.80. The number of hydrogen-bond acceptors (Lipinski definition) is 0. The van der Waals surface area contributed by atoms with Crippen molar-refractivity contribution >= 4 is 46.3 Å². The van der Waals surface area contributed by atoms with Gasteiger partial charge in [0.05, 0.1) is 0 Å². The molecular formula is C35H36Cl2SiZr. The van der Waals surface area contributed by atoms with E-state index in [1.807, 2.05) is 0 Å². The van der Waals surface area contributed by atoms with Crippen molar-refractivity contribution in [3.05, 3.63) is 106 Å². The molecule has 0 spiro atoms. The van der Waals surface area contributed by atoms with Crippen LogP contribution in [-0.4, -0.2) is 9.52 Å². The second-order valence-corrected chi connectivity index (χ2v) is 27.9. The SMILES string of the molecule is CC1=Cc2c(ccc(C)c2-c2cc(C(C)C)cc(C(C)C)c2)[CH]1[Zr]([Cl])([Cl])[c]1cccc2c1[SiH2]c1ccccc1-2. The molecule has 1 atom stereocenters. The van der Waals surface area contributed by atoms with Crippen LogP contribution in [0.15, 0.2) is 78.4 Å². The van der Waals surface area contributed by atoms with Crippen LogP contribution in [0.4, 0.5) is 0 Å². The predicted octanol–water partition coefficient (Wildman–Crippen LogP) is 8.25. The van der Waals surface area contributed by atoms with Crippen LogP contribution >= 0.6 is 17.0 Å². The van der Waals surface area contributed by atoms with Crippen LogP contribution in [0.3, 0.4) is 0 Å². The molecule has 1 unspecified atom stereocenters. The molecule has 0 saturated carbocycles. The minimum absolute atomic E-state index is 0.110. The molecule has 1 heterocycles. The van der Waals surface area contributed by atoms with E-state index in [0.29, 0.717) is 11.8 Å². The zero-order valence-electron chi connectivity index (χ0n) is 23.7. The van der Waals surface area contributed by atoms with Crippen LogP contribution in [-0.2, 0) is 17.9 Å². The normalized spacial score (nSPS) is 16.6. The van der Waals surface area contributed by atoms with Crippen molar-refractivity contribution in [2.45, 2.75) is 57.0 Å². The molecule has 0 fully saturated rings. The van der Waals surface area contributed by atoms with Gasteiger partial charge in [0.1, 0.15) is 0 Å². The maximum atomic E-state index is 7.75. The Labute approximate surface area is 247 Å². The molecule has 0 bridgehead atoms. The van der Waals surface area contributed by atoms with Crippen LogP contribution in [0, 0.1) is 6.92 Å². The Kier molecular flexibility index (Phi) is 7.25. The molecule has 2 aliphatic rings. The number of allylic oxidation sites excluding steroid dienone is 1. The summed E-state index contributed by atoms with van der Waals surface area (Å²) in [6, 6.07) is 27.4. The average molecular weight is 647 g/mol. The molecule has 0 radical (unpaired) electrons. The summed E-state index contributed by atoms with van der Waals surface area (Å²) in [5.41, 5.74) is 13.5. The first-order valence-corrected chi connectivity index (χ1v) is 24.5. The van der Waals surface area contributed by atoms with Gasteiger partial charge in [0.25, 0.3) is 0 Å². The van der Waals surface area contributed by atoms with E-state index in [1.165, 1.54) is 69.3 Å². The van der Waals surface area contributed by atoms with Gasteiger partial charge in [0.2, 0.25) is 0 Å². The van der Waals surface area contributed by atoms with Gasteiger partial charge in [-0.25, -0.2) is 0 Å². The second-order valence-electron chi connectivity index (χ2n) is 12.1. The molecule has 0 saturated heterocycles. The van der Waals surface area contributed by atoms with Gasteiger partial charge in [-0.15, -0.1) is 0 Å². The van der Waals surface area contributed by atoms with Crippen LogP contribution in [0.2, 0.25) is 0 Å². The zero-order valence-corrected chi connectivity index (χ0v) is 29.1. The molecule has 0 aromatic heterocycles. The van der Waals surface area contributed by atoms with Gasteiger partial charge in [0.15, 0.2) is 0 Å². The second kappa shape index (κ2) is 10.3. The molecule has 1 aliphatic carbocycles. The molecule has 4 aromatic rings. The Bertz CT molecular complexity index is 1620. The van der Waals surface area contributed by atoms with Crippen molar-refractivity contribution in [3.63, 3.8) is 0 Å². The standard InChI is InChI=1S/C23H27.C12H9Si.2ClH.Zr/c1-14(2)19-11-20(15(3)4)13-21(12-19)23-17(6)7-8-18-9-16(5)10-22(18)23;1-3-7-11-9(5-1)10-6-2-4-8-12(10)13-11;;;/h7-15H,1-6H3;1-7H,13H2;2*1H;/q;;;;+2/p-2. The van der Waals surface area contributed by atoms with E-state index in [4.69, 9.17) is 17.0 Å². The third kappa shape index (κ3) is 4.61. The van der Waals surface area contributed by atoms with Gasteiger partial charge in [-0.05, 0) is 0 Å². The van der Waals surface area contributed by atoms with E-state index in [-0.39, 0.29) is 3.63 Å². The Hall–Kier alpha value is -1.70. The third-order valence-corrected chi connectivity index (χ3v) is 23.4. The van der Waals surface area contributed by atoms with Gasteiger partial charge in [-0.2, -0.15) is 0 Å². The Balaban J connectivity index is 1.50. The summed E-state index contributed by atoms with van der Waals surface area (Å²) in [5.74, 6) is 0.958. The van der Waals surface area contributed by atoms with Crippen LogP contribution in [0.1, 0.15) is 77.9 Å². The van der Waals surface area contributed by atoms with Crippen molar-refractivity contribution in [1.29, 1.82) is 0 Å². The van der Waals surface area contributed by atoms with Crippen LogP contribution < -0.4 is 13.6 Å². The Morgan fingerprint density at radius 3 is 2.13 bits per heavy atom. The molecule has 0 nitrogen and oxygen atoms in total. The number of halogens is 2. The molecule has 39 heavy (non-hydrogen) atoms. The summed E-state index contributed by atoms with van der Waals surface area (Å²) < 4.78 is 1.41. The molecule has 1 aliphatic heterocycles. The molecule has 4 aromatic carbocycles. The Morgan fingerprint density at radius 1 is 0.769 bits per heavy atom. The van der Waals surface area contributed by atoms with Crippen molar-refractivity contribution in [1.82, 2.24) is 0 Å². The molecule has 6 rings (SSSR count). The number of aryl methyl sites for hydroxylation is 1. The molecule has 0 amide bonds. The quantitative estimate of drug-likeness (QED) is 0.169. The fraction of sp³-hybridized carbons (Fsp3) is 0.257. The molecule has 198 valence electrons. The van der Waals surface area contributed by atoms with E-state index in [2.05, 4.69) is 120 Å². The number of hydrogen-bond donors (Lipinski definition) is 0. The molecule has 0 N–H and O–H groups in total. The summed E-state index contributed by atoms with van der Waals surface area (Å²) in [4.78, 5) is 0. The average Bonchev–Trinajstić information content (AvgIpc) is 3.45. The van der Waals surface area contributed by atoms with Gasteiger partial charge in [-0.1, -0.05) is 0 Å². The first-order valence-electron chi connectivity index (χ1n) is 14.1. The first kappa shape index (κ1) is 27.5.